The monoisotopic (exact) mass is 265 g/mol. The number of hydrogen-bond donors (Lipinski definition) is 0. The summed E-state index contributed by atoms with van der Waals surface area (Å²) in [5, 5.41) is 6.25. The van der Waals surface area contributed by atoms with Crippen molar-refractivity contribution in [2.75, 3.05) is 0 Å². The largest absolute Gasteiger partial charge is 1.00 e. The summed E-state index contributed by atoms with van der Waals surface area (Å²) in [6.07, 6.45) is 19.1. The van der Waals surface area contributed by atoms with Crippen LogP contribution in [0.3, 0.4) is 0 Å². The minimum Gasteiger partial charge on any atom is -0.694 e. The van der Waals surface area contributed by atoms with Gasteiger partial charge in [-0.15, -0.1) is 0 Å². The Bertz CT molecular complexity index is 162. The second kappa shape index (κ2) is 55.3. The maximum Gasteiger partial charge on any atom is 1.00 e. The van der Waals surface area contributed by atoms with E-state index in [1.54, 1.807) is 0 Å². The molecule has 0 aromatic heterocycles. The molecule has 0 heterocycles. The van der Waals surface area contributed by atoms with E-state index >= 15 is 0 Å². The first-order chi connectivity index (χ1) is 6.83. The molecule has 0 rings (SSSR count). The molecule has 17 heavy (non-hydrogen) atoms. The van der Waals surface area contributed by atoms with Gasteiger partial charge in [-0.1, -0.05) is 26.7 Å². The van der Waals surface area contributed by atoms with Gasteiger partial charge in [-0.3, -0.25) is 0 Å². The second-order valence-electron chi connectivity index (χ2n) is 2.56. The molecule has 0 atom stereocenters. The van der Waals surface area contributed by atoms with Gasteiger partial charge in [0.25, 0.3) is 0 Å². The molecule has 88 valence electrons. The summed E-state index contributed by atoms with van der Waals surface area (Å²) < 4.78 is 0. The van der Waals surface area contributed by atoms with Crippen LogP contribution in [0.5, 0.6) is 0 Å². The van der Waals surface area contributed by atoms with E-state index in [0.29, 0.717) is 0 Å². The predicted molar refractivity (Wildman–Crippen MR) is 58.3 cm³/mol. The van der Waals surface area contributed by atoms with Gasteiger partial charge in [0.2, 0.25) is 0 Å². The van der Waals surface area contributed by atoms with Crippen LogP contribution in [-0.2, 0) is 17.1 Å². The Kier molecular flexibility index (Phi) is 117. The molecule has 0 aliphatic rings. The predicted octanol–water partition coefficient (Wildman–Crippen LogP) is -2.37. The fourth-order valence-electron chi connectivity index (χ4n) is 0.530. The van der Waals surface area contributed by atoms with E-state index in [1.807, 2.05) is 0 Å². The van der Waals surface area contributed by atoms with Gasteiger partial charge in [0.1, 0.15) is 0 Å². The Labute approximate surface area is 143 Å². The normalized spacial score (nSPS) is 5.29. The van der Waals surface area contributed by atoms with E-state index < -0.39 is 0 Å². The van der Waals surface area contributed by atoms with Gasteiger partial charge < -0.3 is 36.5 Å². The zero-order valence-corrected chi connectivity index (χ0v) is 12.4. The molecule has 0 fully saturated rings. The van der Waals surface area contributed by atoms with Crippen molar-refractivity contribution >= 4 is 0 Å². The van der Waals surface area contributed by atoms with Crippen molar-refractivity contribution in [3.8, 4) is 11.8 Å². The molecule has 1 nitrogen and oxygen atoms in total. The van der Waals surface area contributed by atoms with E-state index in [9.17, 15) is 0 Å². The summed E-state index contributed by atoms with van der Waals surface area (Å²) in [5.74, 6) is 4.64. The molecule has 0 spiro atoms. The third-order valence-corrected chi connectivity index (χ3v) is 1.31. The quantitative estimate of drug-likeness (QED) is 0.241. The van der Waals surface area contributed by atoms with Crippen molar-refractivity contribution in [2.45, 2.75) is 52.4 Å². The zero-order valence-electron chi connectivity index (χ0n) is 11.5. The van der Waals surface area contributed by atoms with Crippen LogP contribution in [0.4, 0.5) is 0 Å². The third-order valence-electron chi connectivity index (χ3n) is 1.31. The molecule has 0 aliphatic heterocycles. The van der Waals surface area contributed by atoms with Gasteiger partial charge in [-0.2, -0.15) is 0 Å². The maximum absolute atomic E-state index is 6.46. The van der Waals surface area contributed by atoms with Gasteiger partial charge in [0.15, 0.2) is 0 Å². The van der Waals surface area contributed by atoms with Crippen molar-refractivity contribution in [2.24, 2.45) is 0 Å². The van der Waals surface area contributed by atoms with Crippen LogP contribution in [0.1, 0.15) is 52.4 Å². The molecule has 0 unspecified atom stereocenters. The minimum atomic E-state index is 0. The topological polar surface area (TPSA) is 23.8 Å². The molecule has 0 saturated carbocycles. The van der Waals surface area contributed by atoms with Crippen LogP contribution in [0.25, 0.3) is 0 Å². The van der Waals surface area contributed by atoms with Crippen LogP contribution in [0, 0.1) is 36.5 Å². The summed E-state index contributed by atoms with van der Waals surface area (Å²) in [5.41, 5.74) is 0. The third kappa shape index (κ3) is 83.7. The Morgan fingerprint density at radius 2 is 1.06 bits per heavy atom. The maximum atomic E-state index is 6.46. The standard InChI is InChI=1S/2C6H9.CN.Cu.2Li/c2*1-3-5-6-4-2;1-2;;;/h2*3,5-6H2,1H3;;;;/q3*-1;3*+1. The van der Waals surface area contributed by atoms with E-state index in [2.05, 4.69) is 25.7 Å². The first-order valence-electron chi connectivity index (χ1n) is 4.84. The number of unbranched alkanes of at least 4 members (excludes halogenated alkanes) is 4. The van der Waals surface area contributed by atoms with Crippen molar-refractivity contribution in [1.82, 2.24) is 0 Å². The summed E-state index contributed by atoms with van der Waals surface area (Å²) in [7, 11) is 0. The molecule has 0 radical (unpaired) electrons. The van der Waals surface area contributed by atoms with E-state index in [4.69, 9.17) is 24.7 Å². The Morgan fingerprint density at radius 1 is 0.824 bits per heavy atom. The summed E-state index contributed by atoms with van der Waals surface area (Å²) in [6, 6.07) is 0. The van der Waals surface area contributed by atoms with Gasteiger partial charge in [0.05, 0.1) is 0 Å². The molecular formula is C13H18CuLi2N. The number of rotatable bonds is 4. The first kappa shape index (κ1) is 36.0. The van der Waals surface area contributed by atoms with Crippen molar-refractivity contribution < 1.29 is 54.8 Å². The Balaban J connectivity index is -0.0000000268. The molecule has 4 heteroatoms. The molecular weight excluding hydrogens is 248 g/mol. The van der Waals surface area contributed by atoms with Crippen LogP contribution < -0.4 is 37.7 Å². The smallest absolute Gasteiger partial charge is 0.694 e. The van der Waals surface area contributed by atoms with Gasteiger partial charge in [-0.05, 0) is 25.7 Å². The first-order valence-corrected chi connectivity index (χ1v) is 4.84. The summed E-state index contributed by atoms with van der Waals surface area (Å²) in [6.45, 7) is 8.97. The van der Waals surface area contributed by atoms with Crippen LogP contribution in [0.15, 0.2) is 0 Å². The molecule has 0 saturated heterocycles. The zero-order chi connectivity index (χ0) is 11.7. The average Bonchev–Trinajstić information content (AvgIpc) is 2.27. The van der Waals surface area contributed by atoms with Crippen molar-refractivity contribution in [3.63, 3.8) is 0 Å². The number of nitrogens with zero attached hydrogens (tertiary/aromatic N) is 1. The molecule has 0 aromatic carbocycles. The fourth-order valence-corrected chi connectivity index (χ4v) is 0.530. The van der Waals surface area contributed by atoms with Gasteiger partial charge in [-0.25, -0.2) is 0 Å². The fraction of sp³-hybridized carbons (Fsp3) is 0.615. The molecule has 0 N–H and O–H groups in total. The minimum absolute atomic E-state index is 0. The molecule has 0 aliphatic carbocycles. The Morgan fingerprint density at radius 3 is 1.12 bits per heavy atom. The molecule has 0 aromatic rings. The van der Waals surface area contributed by atoms with E-state index in [-0.39, 0.29) is 54.8 Å². The Hall–Kier alpha value is 0.324. The second-order valence-corrected chi connectivity index (χ2v) is 2.56. The van der Waals surface area contributed by atoms with Crippen molar-refractivity contribution in [1.29, 1.82) is 5.26 Å². The van der Waals surface area contributed by atoms with Crippen LogP contribution in [-0.4, -0.2) is 0 Å². The molecule has 0 bridgehead atoms. The summed E-state index contributed by atoms with van der Waals surface area (Å²) in [4.78, 5) is 0. The SMILES string of the molecule is [C-]#CCCCC.[C-]#CCCCC.[C-]#N.[Cu+].[Li+].[Li+]. The van der Waals surface area contributed by atoms with Crippen LogP contribution >= 0.6 is 0 Å². The number of hydrogen-bond acceptors (Lipinski definition) is 1. The van der Waals surface area contributed by atoms with E-state index in [1.165, 1.54) is 12.8 Å². The van der Waals surface area contributed by atoms with E-state index in [0.717, 1.165) is 25.7 Å². The molecule has 0 amide bonds. The van der Waals surface area contributed by atoms with Crippen molar-refractivity contribution in [3.05, 3.63) is 19.4 Å². The van der Waals surface area contributed by atoms with Gasteiger partial charge in [0, 0.05) is 0 Å². The summed E-state index contributed by atoms with van der Waals surface area (Å²) >= 11 is 0. The average molecular weight is 266 g/mol. The van der Waals surface area contributed by atoms with Gasteiger partial charge >= 0.3 is 54.8 Å². The van der Waals surface area contributed by atoms with Crippen LogP contribution in [0.2, 0.25) is 0 Å².